The predicted molar refractivity (Wildman–Crippen MR) is 91.4 cm³/mol. The lowest BCUT2D eigenvalue weighted by molar-refractivity contribution is -0.137. The molecule has 1 heterocycles. The number of aromatic nitrogens is 1. The van der Waals surface area contributed by atoms with Crippen LogP contribution in [0.5, 0.6) is 0 Å². The summed E-state index contributed by atoms with van der Waals surface area (Å²) < 4.78 is 39.7. The molecule has 6 heteroatoms. The van der Waals surface area contributed by atoms with Gasteiger partial charge in [-0.1, -0.05) is 42.5 Å². The molecule has 0 amide bonds. The van der Waals surface area contributed by atoms with Crippen molar-refractivity contribution in [2.45, 2.75) is 12.7 Å². The van der Waals surface area contributed by atoms with Crippen LogP contribution in [0.25, 0.3) is 11.1 Å². The van der Waals surface area contributed by atoms with Gasteiger partial charge in [0.05, 0.1) is 12.1 Å². The first kappa shape index (κ1) is 17.5. The van der Waals surface area contributed by atoms with Crippen molar-refractivity contribution in [1.29, 1.82) is 5.26 Å². The second-order valence-corrected chi connectivity index (χ2v) is 5.71. The van der Waals surface area contributed by atoms with Crippen LogP contribution in [0.1, 0.15) is 16.7 Å². The average molecular weight is 354 g/mol. The van der Waals surface area contributed by atoms with E-state index in [1.54, 1.807) is 30.3 Å². The Morgan fingerprint density at radius 2 is 1.73 bits per heavy atom. The molecule has 3 rings (SSSR count). The molecule has 0 bridgehead atoms. The highest BCUT2D eigenvalue weighted by atomic mass is 19.4. The van der Waals surface area contributed by atoms with Crippen LogP contribution in [-0.4, -0.2) is 4.57 Å². The van der Waals surface area contributed by atoms with Gasteiger partial charge in [-0.15, -0.1) is 0 Å². The topological polar surface area (TPSA) is 45.8 Å². The maximum Gasteiger partial charge on any atom is 0.416 e. The number of hydrogen-bond acceptors (Lipinski definition) is 2. The monoisotopic (exact) mass is 354 g/mol. The van der Waals surface area contributed by atoms with Crippen LogP contribution >= 0.6 is 0 Å². The number of rotatable bonds is 3. The largest absolute Gasteiger partial charge is 0.416 e. The van der Waals surface area contributed by atoms with Crippen LogP contribution in [0.4, 0.5) is 13.2 Å². The third-order valence-electron chi connectivity index (χ3n) is 3.97. The van der Waals surface area contributed by atoms with Crippen molar-refractivity contribution in [1.82, 2.24) is 4.57 Å². The Hall–Kier alpha value is -3.33. The minimum atomic E-state index is -4.45. The Balaban J connectivity index is 2.01. The molecule has 0 fully saturated rings. The molecular formula is C20H13F3N2O. The summed E-state index contributed by atoms with van der Waals surface area (Å²) in [5, 5.41) is 9.39. The second-order valence-electron chi connectivity index (χ2n) is 5.71. The minimum absolute atomic E-state index is 0.0364. The summed E-state index contributed by atoms with van der Waals surface area (Å²) in [6.07, 6.45) is -2.96. The number of hydrogen-bond donors (Lipinski definition) is 0. The molecule has 3 aromatic rings. The fourth-order valence-electron chi connectivity index (χ4n) is 2.71. The Bertz CT molecular complexity index is 1030. The first-order valence-electron chi connectivity index (χ1n) is 7.75. The molecular weight excluding hydrogens is 341 g/mol. The molecule has 3 nitrogen and oxygen atoms in total. The van der Waals surface area contributed by atoms with Crippen LogP contribution in [0.2, 0.25) is 0 Å². The highest BCUT2D eigenvalue weighted by molar-refractivity contribution is 5.69. The first-order chi connectivity index (χ1) is 12.4. The standard InChI is InChI=1S/C20H13F3N2O/c21-20(22,23)16-8-4-5-14(11-16)13-25-10-9-17(18(12-24)19(25)26)15-6-2-1-3-7-15/h1-11H,13H2. The van der Waals surface area contributed by atoms with Gasteiger partial charge >= 0.3 is 6.18 Å². The SMILES string of the molecule is N#Cc1c(-c2ccccc2)ccn(Cc2cccc(C(F)(F)F)c2)c1=O. The van der Waals surface area contributed by atoms with E-state index < -0.39 is 17.3 Å². The van der Waals surface area contributed by atoms with Crippen molar-refractivity contribution in [3.05, 3.63) is 93.9 Å². The minimum Gasteiger partial charge on any atom is -0.310 e. The molecule has 0 aliphatic heterocycles. The molecule has 26 heavy (non-hydrogen) atoms. The lowest BCUT2D eigenvalue weighted by atomic mass is 10.0. The molecule has 0 aliphatic carbocycles. The summed E-state index contributed by atoms with van der Waals surface area (Å²) in [5.41, 5.74) is 0.213. The highest BCUT2D eigenvalue weighted by Gasteiger charge is 2.30. The second kappa shape index (κ2) is 6.89. The average Bonchev–Trinajstić information content (AvgIpc) is 2.63. The summed E-state index contributed by atoms with van der Waals surface area (Å²) in [4.78, 5) is 12.6. The van der Waals surface area contributed by atoms with Gasteiger partial charge in [-0.05, 0) is 29.3 Å². The van der Waals surface area contributed by atoms with Crippen molar-refractivity contribution in [3.8, 4) is 17.2 Å². The zero-order valence-electron chi connectivity index (χ0n) is 13.5. The predicted octanol–water partition coefficient (Wildman–Crippen LogP) is 4.45. The van der Waals surface area contributed by atoms with Crippen LogP contribution in [-0.2, 0) is 12.7 Å². The zero-order chi connectivity index (χ0) is 18.7. The summed E-state index contributed by atoms with van der Waals surface area (Å²) >= 11 is 0. The van der Waals surface area contributed by atoms with E-state index in [1.165, 1.54) is 22.9 Å². The van der Waals surface area contributed by atoms with E-state index in [0.717, 1.165) is 17.7 Å². The maximum atomic E-state index is 12.8. The molecule has 1 aromatic heterocycles. The lowest BCUT2D eigenvalue weighted by Crippen LogP contribution is -2.23. The van der Waals surface area contributed by atoms with Gasteiger partial charge in [-0.3, -0.25) is 4.79 Å². The van der Waals surface area contributed by atoms with Gasteiger partial charge in [0.15, 0.2) is 0 Å². The van der Waals surface area contributed by atoms with Gasteiger partial charge in [0.2, 0.25) is 0 Å². The molecule has 0 atom stereocenters. The van der Waals surface area contributed by atoms with Crippen molar-refractivity contribution in [2.75, 3.05) is 0 Å². The van der Waals surface area contributed by atoms with E-state index >= 15 is 0 Å². The number of nitrogens with zero attached hydrogens (tertiary/aromatic N) is 2. The van der Waals surface area contributed by atoms with Gasteiger partial charge in [0, 0.05) is 11.8 Å². The third kappa shape index (κ3) is 3.52. The molecule has 0 radical (unpaired) electrons. The van der Waals surface area contributed by atoms with Gasteiger partial charge in [0.1, 0.15) is 11.6 Å². The van der Waals surface area contributed by atoms with Crippen molar-refractivity contribution in [2.24, 2.45) is 0 Å². The summed E-state index contributed by atoms with van der Waals surface area (Å²) in [7, 11) is 0. The fraction of sp³-hybridized carbons (Fsp3) is 0.100. The van der Waals surface area contributed by atoms with Crippen LogP contribution in [0, 0.1) is 11.3 Å². The number of alkyl halides is 3. The van der Waals surface area contributed by atoms with Gasteiger partial charge in [-0.25, -0.2) is 0 Å². The maximum absolute atomic E-state index is 12.8. The molecule has 130 valence electrons. The van der Waals surface area contributed by atoms with Gasteiger partial charge in [0.25, 0.3) is 5.56 Å². The van der Waals surface area contributed by atoms with Crippen molar-refractivity contribution < 1.29 is 13.2 Å². The van der Waals surface area contributed by atoms with Crippen LogP contribution in [0.15, 0.2) is 71.7 Å². The summed E-state index contributed by atoms with van der Waals surface area (Å²) in [6, 6.07) is 17.3. The van der Waals surface area contributed by atoms with Crippen molar-refractivity contribution in [3.63, 3.8) is 0 Å². The van der Waals surface area contributed by atoms with E-state index in [9.17, 15) is 23.2 Å². The normalized spacial score (nSPS) is 11.2. The highest BCUT2D eigenvalue weighted by Crippen LogP contribution is 2.29. The zero-order valence-corrected chi connectivity index (χ0v) is 13.5. The Morgan fingerprint density at radius 1 is 1.00 bits per heavy atom. The van der Waals surface area contributed by atoms with E-state index in [0.29, 0.717) is 11.1 Å². The summed E-state index contributed by atoms with van der Waals surface area (Å²) in [6.45, 7) is -0.0491. The van der Waals surface area contributed by atoms with E-state index in [4.69, 9.17) is 0 Å². The van der Waals surface area contributed by atoms with E-state index in [-0.39, 0.29) is 12.1 Å². The third-order valence-corrected chi connectivity index (χ3v) is 3.97. The van der Waals surface area contributed by atoms with E-state index in [2.05, 4.69) is 0 Å². The number of nitriles is 1. The molecule has 0 aliphatic rings. The van der Waals surface area contributed by atoms with Gasteiger partial charge < -0.3 is 4.57 Å². The van der Waals surface area contributed by atoms with Crippen LogP contribution < -0.4 is 5.56 Å². The fourth-order valence-corrected chi connectivity index (χ4v) is 2.71. The molecule has 0 unspecified atom stereocenters. The molecule has 0 spiro atoms. The Morgan fingerprint density at radius 3 is 2.38 bits per heavy atom. The number of halogens is 3. The molecule has 0 N–H and O–H groups in total. The van der Waals surface area contributed by atoms with E-state index in [1.807, 2.05) is 12.1 Å². The van der Waals surface area contributed by atoms with Gasteiger partial charge in [-0.2, -0.15) is 18.4 Å². The molecule has 2 aromatic carbocycles. The number of pyridine rings is 1. The molecule has 0 saturated heterocycles. The molecule has 0 saturated carbocycles. The van der Waals surface area contributed by atoms with Crippen LogP contribution in [0.3, 0.4) is 0 Å². The Kier molecular flexibility index (Phi) is 4.63. The Labute approximate surface area is 147 Å². The lowest BCUT2D eigenvalue weighted by Gasteiger charge is -2.12. The summed E-state index contributed by atoms with van der Waals surface area (Å²) in [5.74, 6) is 0. The number of benzene rings is 2. The smallest absolute Gasteiger partial charge is 0.310 e. The quantitative estimate of drug-likeness (QED) is 0.697. The van der Waals surface area contributed by atoms with Crippen molar-refractivity contribution >= 4 is 0 Å². The first-order valence-corrected chi connectivity index (χ1v) is 7.75.